The van der Waals surface area contributed by atoms with Crippen molar-refractivity contribution in [3.63, 3.8) is 0 Å². The molecule has 0 aliphatic heterocycles. The molecule has 4 rings (SSSR count). The molecule has 180 valence electrons. The highest BCUT2D eigenvalue weighted by molar-refractivity contribution is 7.89. The third-order valence-electron chi connectivity index (χ3n) is 5.38. The topological polar surface area (TPSA) is 118 Å². The molecule has 1 aromatic heterocycles. The second-order valence-corrected chi connectivity index (χ2v) is 9.61. The van der Waals surface area contributed by atoms with Gasteiger partial charge < -0.3 is 15.1 Å². The Hall–Kier alpha value is -3.95. The zero-order chi connectivity index (χ0) is 24.7. The standard InChI is InChI=1S/C26H25N3O5S/c30-25(27-14-15-28-26(31)24-11-6-16-34-24)23(17-19-7-2-1-3-8-19)29-35(32,33)22-13-12-20-9-4-5-10-21(20)18-22/h1-13,16,18,23,29H,14-15,17H2,(H,27,30)(H,28,31)/t23-/m1/s1. The summed E-state index contributed by atoms with van der Waals surface area (Å²) in [5.74, 6) is -0.728. The molecule has 0 fully saturated rings. The Morgan fingerprint density at radius 3 is 2.26 bits per heavy atom. The van der Waals surface area contributed by atoms with Crippen LogP contribution in [0.3, 0.4) is 0 Å². The van der Waals surface area contributed by atoms with Crippen LogP contribution < -0.4 is 15.4 Å². The zero-order valence-electron chi connectivity index (χ0n) is 18.8. The molecule has 0 bridgehead atoms. The molecule has 1 atom stereocenters. The van der Waals surface area contributed by atoms with E-state index in [-0.39, 0.29) is 30.2 Å². The summed E-state index contributed by atoms with van der Waals surface area (Å²) in [6.07, 6.45) is 1.56. The fourth-order valence-corrected chi connectivity index (χ4v) is 4.84. The van der Waals surface area contributed by atoms with Gasteiger partial charge in [0.2, 0.25) is 15.9 Å². The van der Waals surface area contributed by atoms with Crippen LogP contribution in [0.4, 0.5) is 0 Å². The molecule has 0 unspecified atom stereocenters. The molecule has 9 heteroatoms. The molecule has 3 aromatic carbocycles. The average molecular weight is 492 g/mol. The number of carbonyl (C=O) groups excluding carboxylic acids is 2. The Morgan fingerprint density at radius 2 is 1.51 bits per heavy atom. The largest absolute Gasteiger partial charge is 0.459 e. The summed E-state index contributed by atoms with van der Waals surface area (Å²) in [5, 5.41) is 7.03. The highest BCUT2D eigenvalue weighted by Crippen LogP contribution is 2.19. The first-order valence-corrected chi connectivity index (χ1v) is 12.6. The number of nitrogens with one attached hydrogen (secondary N) is 3. The summed E-state index contributed by atoms with van der Waals surface area (Å²) in [7, 11) is -3.98. The van der Waals surface area contributed by atoms with Gasteiger partial charge >= 0.3 is 0 Å². The van der Waals surface area contributed by atoms with E-state index in [4.69, 9.17) is 4.42 Å². The molecule has 0 saturated heterocycles. The lowest BCUT2D eigenvalue weighted by Crippen LogP contribution is -2.49. The second kappa shape index (κ2) is 11.0. The number of carbonyl (C=O) groups is 2. The van der Waals surface area contributed by atoms with Gasteiger partial charge in [-0.15, -0.1) is 0 Å². The van der Waals surface area contributed by atoms with E-state index in [1.807, 2.05) is 54.6 Å². The van der Waals surface area contributed by atoms with E-state index in [0.29, 0.717) is 0 Å². The molecule has 8 nitrogen and oxygen atoms in total. The zero-order valence-corrected chi connectivity index (χ0v) is 19.6. The van der Waals surface area contributed by atoms with Crippen molar-refractivity contribution in [1.29, 1.82) is 0 Å². The van der Waals surface area contributed by atoms with Crippen LogP contribution in [0.25, 0.3) is 10.8 Å². The van der Waals surface area contributed by atoms with Gasteiger partial charge in [-0.2, -0.15) is 4.72 Å². The maximum atomic E-state index is 13.2. The maximum Gasteiger partial charge on any atom is 0.287 e. The van der Waals surface area contributed by atoms with Crippen molar-refractivity contribution >= 4 is 32.6 Å². The monoisotopic (exact) mass is 491 g/mol. The van der Waals surface area contributed by atoms with Crippen LogP contribution >= 0.6 is 0 Å². The molecular formula is C26H25N3O5S. The lowest BCUT2D eigenvalue weighted by Gasteiger charge is -2.19. The quantitative estimate of drug-likeness (QED) is 0.295. The predicted octanol–water partition coefficient (Wildman–Crippen LogP) is 2.87. The number of fused-ring (bicyclic) bond motifs is 1. The van der Waals surface area contributed by atoms with Crippen LogP contribution in [0.1, 0.15) is 16.1 Å². The molecule has 0 radical (unpaired) electrons. The van der Waals surface area contributed by atoms with Gasteiger partial charge in [0.15, 0.2) is 5.76 Å². The number of hydrogen-bond acceptors (Lipinski definition) is 5. The first kappa shape index (κ1) is 24.2. The van der Waals surface area contributed by atoms with Crippen molar-refractivity contribution in [2.24, 2.45) is 0 Å². The summed E-state index contributed by atoms with van der Waals surface area (Å²) in [6.45, 7) is 0.273. The molecular weight excluding hydrogens is 466 g/mol. The van der Waals surface area contributed by atoms with Gasteiger partial charge in [-0.05, 0) is 47.0 Å². The third kappa shape index (κ3) is 6.34. The Balaban J connectivity index is 1.45. The first-order chi connectivity index (χ1) is 16.9. The smallest absolute Gasteiger partial charge is 0.287 e. The van der Waals surface area contributed by atoms with Crippen molar-refractivity contribution < 1.29 is 22.4 Å². The molecule has 0 aliphatic rings. The van der Waals surface area contributed by atoms with E-state index in [2.05, 4.69) is 15.4 Å². The van der Waals surface area contributed by atoms with Crippen LogP contribution in [0.5, 0.6) is 0 Å². The van der Waals surface area contributed by atoms with Gasteiger partial charge in [0.1, 0.15) is 6.04 Å². The van der Waals surface area contributed by atoms with Crippen LogP contribution in [0, 0.1) is 0 Å². The van der Waals surface area contributed by atoms with Crippen molar-refractivity contribution in [3.05, 3.63) is 103 Å². The average Bonchev–Trinajstić information content (AvgIpc) is 3.41. The Bertz CT molecular complexity index is 1400. The van der Waals surface area contributed by atoms with Crippen LogP contribution in [0.15, 0.2) is 101 Å². The number of rotatable bonds is 10. The van der Waals surface area contributed by atoms with E-state index in [9.17, 15) is 18.0 Å². The highest BCUT2D eigenvalue weighted by atomic mass is 32.2. The molecule has 35 heavy (non-hydrogen) atoms. The van der Waals surface area contributed by atoms with Gasteiger partial charge in [0.25, 0.3) is 5.91 Å². The number of benzene rings is 3. The molecule has 0 saturated carbocycles. The van der Waals surface area contributed by atoms with Crippen molar-refractivity contribution in [2.45, 2.75) is 17.4 Å². The summed E-state index contributed by atoms with van der Waals surface area (Å²) < 4.78 is 33.9. The van der Waals surface area contributed by atoms with Crippen LogP contribution in [-0.2, 0) is 21.2 Å². The number of hydrogen-bond donors (Lipinski definition) is 3. The fourth-order valence-electron chi connectivity index (χ4n) is 3.61. The van der Waals surface area contributed by atoms with Crippen molar-refractivity contribution in [3.8, 4) is 0 Å². The SMILES string of the molecule is O=C(NCCNC(=O)[C@@H](Cc1ccccc1)NS(=O)(=O)c1ccc2ccccc2c1)c1ccco1. The first-order valence-electron chi connectivity index (χ1n) is 11.1. The Kier molecular flexibility index (Phi) is 7.59. The lowest BCUT2D eigenvalue weighted by molar-refractivity contribution is -0.122. The molecule has 2 amide bonds. The predicted molar refractivity (Wildman–Crippen MR) is 132 cm³/mol. The number of amides is 2. The van der Waals surface area contributed by atoms with Gasteiger partial charge in [0.05, 0.1) is 11.2 Å². The lowest BCUT2D eigenvalue weighted by atomic mass is 10.1. The second-order valence-electron chi connectivity index (χ2n) is 7.90. The van der Waals surface area contributed by atoms with Crippen LogP contribution in [0.2, 0.25) is 0 Å². The summed E-state index contributed by atoms with van der Waals surface area (Å²) in [6, 6.07) is 23.5. The minimum Gasteiger partial charge on any atom is -0.459 e. The number of furan rings is 1. The molecule has 4 aromatic rings. The van der Waals surface area contributed by atoms with E-state index >= 15 is 0 Å². The normalized spacial score (nSPS) is 12.2. The minimum atomic E-state index is -3.98. The van der Waals surface area contributed by atoms with Crippen molar-refractivity contribution in [1.82, 2.24) is 15.4 Å². The number of sulfonamides is 1. The van der Waals surface area contributed by atoms with E-state index in [0.717, 1.165) is 16.3 Å². The Labute approximate surface area is 203 Å². The van der Waals surface area contributed by atoms with Gasteiger partial charge in [-0.1, -0.05) is 60.7 Å². The highest BCUT2D eigenvalue weighted by Gasteiger charge is 2.26. The third-order valence-corrected chi connectivity index (χ3v) is 6.85. The fraction of sp³-hybridized carbons (Fsp3) is 0.154. The van der Waals surface area contributed by atoms with Gasteiger partial charge in [-0.3, -0.25) is 9.59 Å². The minimum absolute atomic E-state index is 0.0766. The molecule has 3 N–H and O–H groups in total. The molecule has 0 aliphatic carbocycles. The van der Waals surface area contributed by atoms with E-state index in [1.54, 1.807) is 18.2 Å². The molecule has 0 spiro atoms. The Morgan fingerprint density at radius 1 is 0.800 bits per heavy atom. The summed E-state index contributed by atoms with van der Waals surface area (Å²) >= 11 is 0. The summed E-state index contributed by atoms with van der Waals surface area (Å²) in [4.78, 5) is 25.0. The van der Waals surface area contributed by atoms with Crippen molar-refractivity contribution in [2.75, 3.05) is 13.1 Å². The van der Waals surface area contributed by atoms with E-state index < -0.39 is 27.9 Å². The summed E-state index contributed by atoms with van der Waals surface area (Å²) in [5.41, 5.74) is 0.806. The maximum absolute atomic E-state index is 13.2. The van der Waals surface area contributed by atoms with Gasteiger partial charge in [-0.25, -0.2) is 8.42 Å². The van der Waals surface area contributed by atoms with E-state index in [1.165, 1.54) is 18.4 Å². The van der Waals surface area contributed by atoms with Crippen LogP contribution in [-0.4, -0.2) is 39.4 Å². The van der Waals surface area contributed by atoms with Gasteiger partial charge in [0, 0.05) is 13.1 Å². The molecule has 1 heterocycles.